The Morgan fingerprint density at radius 2 is 2.25 bits per heavy atom. The highest BCUT2D eigenvalue weighted by Crippen LogP contribution is 2.22. The van der Waals surface area contributed by atoms with Crippen molar-refractivity contribution in [1.29, 1.82) is 0 Å². The molecule has 0 spiro atoms. The molecule has 90 valence electrons. The molecule has 0 radical (unpaired) electrons. The van der Waals surface area contributed by atoms with Crippen molar-refractivity contribution < 1.29 is 14.4 Å². The highest BCUT2D eigenvalue weighted by Gasteiger charge is 2.13. The van der Waals surface area contributed by atoms with Crippen LogP contribution >= 0.6 is 0 Å². The van der Waals surface area contributed by atoms with Crippen LogP contribution < -0.4 is 5.32 Å². The largest absolute Gasteiger partial charge is 0.387 e. The van der Waals surface area contributed by atoms with Gasteiger partial charge in [-0.2, -0.15) is 0 Å². The van der Waals surface area contributed by atoms with Gasteiger partial charge in [-0.15, -0.1) is 0 Å². The van der Waals surface area contributed by atoms with Gasteiger partial charge < -0.3 is 14.9 Å². The lowest BCUT2D eigenvalue weighted by atomic mass is 9.99. The Morgan fingerprint density at radius 1 is 1.56 bits per heavy atom. The van der Waals surface area contributed by atoms with Crippen LogP contribution in [0.25, 0.3) is 0 Å². The zero-order valence-corrected chi connectivity index (χ0v) is 9.69. The summed E-state index contributed by atoms with van der Waals surface area (Å²) in [6.07, 6.45) is 2.04. The van der Waals surface area contributed by atoms with Gasteiger partial charge in [0.2, 0.25) is 5.91 Å². The van der Waals surface area contributed by atoms with Gasteiger partial charge in [-0.05, 0) is 12.8 Å². The van der Waals surface area contributed by atoms with Gasteiger partial charge in [-0.3, -0.25) is 4.79 Å². The van der Waals surface area contributed by atoms with E-state index in [1.54, 1.807) is 0 Å². The number of hydrogen-bond donors (Lipinski definition) is 2. The van der Waals surface area contributed by atoms with E-state index >= 15 is 0 Å². The topological polar surface area (TPSA) is 75.4 Å². The van der Waals surface area contributed by atoms with E-state index in [4.69, 9.17) is 9.63 Å². The number of amides is 1. The van der Waals surface area contributed by atoms with E-state index in [9.17, 15) is 4.79 Å². The number of hydrogen-bond acceptors (Lipinski definition) is 4. The fraction of sp³-hybridized carbons (Fsp3) is 0.636. The molecule has 0 saturated heterocycles. The lowest BCUT2D eigenvalue weighted by Gasteiger charge is -2.05. The molecule has 0 aliphatic rings. The van der Waals surface area contributed by atoms with Crippen molar-refractivity contribution in [2.45, 2.75) is 39.2 Å². The first-order valence-corrected chi connectivity index (χ1v) is 5.54. The maximum absolute atomic E-state index is 10.8. The molecule has 1 aromatic rings. The third-order valence-corrected chi connectivity index (χ3v) is 2.58. The van der Waals surface area contributed by atoms with Crippen molar-refractivity contribution in [2.24, 2.45) is 0 Å². The van der Waals surface area contributed by atoms with Crippen molar-refractivity contribution >= 4 is 5.91 Å². The van der Waals surface area contributed by atoms with E-state index in [0.717, 1.165) is 18.5 Å². The number of carbonyl (C=O) groups is 1. The maximum atomic E-state index is 10.8. The zero-order chi connectivity index (χ0) is 12.0. The lowest BCUT2D eigenvalue weighted by molar-refractivity contribution is -0.124. The van der Waals surface area contributed by atoms with Gasteiger partial charge >= 0.3 is 0 Å². The molecule has 5 heteroatoms. The molecule has 1 amide bonds. The Balaban J connectivity index is 2.54. The number of nitrogens with one attached hydrogen (secondary N) is 1. The third-order valence-electron chi connectivity index (χ3n) is 2.58. The van der Waals surface area contributed by atoms with Gasteiger partial charge in [0.25, 0.3) is 0 Å². The summed E-state index contributed by atoms with van der Waals surface area (Å²) in [7, 11) is 0. The SMILES string of the molecule is CCC(CC)c1cc(CNC(=O)CO)on1. The highest BCUT2D eigenvalue weighted by molar-refractivity contribution is 5.76. The zero-order valence-electron chi connectivity index (χ0n) is 9.69. The molecular formula is C11H18N2O3. The Labute approximate surface area is 94.8 Å². The van der Waals surface area contributed by atoms with Crippen LogP contribution in [0.15, 0.2) is 10.6 Å². The summed E-state index contributed by atoms with van der Waals surface area (Å²) < 4.78 is 5.10. The van der Waals surface area contributed by atoms with E-state index in [0.29, 0.717) is 11.7 Å². The Kier molecular flexibility index (Phi) is 4.98. The molecule has 0 aliphatic heterocycles. The van der Waals surface area contributed by atoms with E-state index in [2.05, 4.69) is 24.3 Å². The standard InChI is InChI=1S/C11H18N2O3/c1-3-8(4-2)10-5-9(16-13-10)6-12-11(15)7-14/h5,8,14H,3-4,6-7H2,1-2H3,(H,12,15). The lowest BCUT2D eigenvalue weighted by Crippen LogP contribution is -2.25. The summed E-state index contributed by atoms with van der Waals surface area (Å²) in [6, 6.07) is 1.86. The predicted molar refractivity (Wildman–Crippen MR) is 58.8 cm³/mol. The van der Waals surface area contributed by atoms with Gasteiger partial charge in [-0.1, -0.05) is 19.0 Å². The van der Waals surface area contributed by atoms with E-state index in [-0.39, 0.29) is 6.54 Å². The van der Waals surface area contributed by atoms with Gasteiger partial charge in [0.05, 0.1) is 12.2 Å². The van der Waals surface area contributed by atoms with E-state index < -0.39 is 12.5 Å². The van der Waals surface area contributed by atoms with Crippen LogP contribution in [0.3, 0.4) is 0 Å². The average molecular weight is 226 g/mol. The van der Waals surface area contributed by atoms with Gasteiger partial charge in [0.1, 0.15) is 6.61 Å². The van der Waals surface area contributed by atoms with Crippen molar-refractivity contribution in [3.8, 4) is 0 Å². The van der Waals surface area contributed by atoms with Crippen LogP contribution in [-0.2, 0) is 11.3 Å². The average Bonchev–Trinajstić information content (AvgIpc) is 2.76. The summed E-state index contributed by atoms with van der Waals surface area (Å²) in [5.74, 6) is 0.607. The van der Waals surface area contributed by atoms with Crippen molar-refractivity contribution in [1.82, 2.24) is 10.5 Å². The van der Waals surface area contributed by atoms with Gasteiger partial charge in [0, 0.05) is 12.0 Å². The Hall–Kier alpha value is -1.36. The van der Waals surface area contributed by atoms with Crippen molar-refractivity contribution in [3.63, 3.8) is 0 Å². The van der Waals surface area contributed by atoms with E-state index in [1.807, 2.05) is 6.07 Å². The summed E-state index contributed by atoms with van der Waals surface area (Å²) in [5.41, 5.74) is 0.929. The molecular weight excluding hydrogens is 208 g/mol. The van der Waals surface area contributed by atoms with Gasteiger partial charge in [-0.25, -0.2) is 0 Å². The number of rotatable bonds is 6. The molecule has 0 aliphatic carbocycles. The number of nitrogens with zero attached hydrogens (tertiary/aromatic N) is 1. The van der Waals surface area contributed by atoms with Crippen LogP contribution in [0.2, 0.25) is 0 Å². The monoisotopic (exact) mass is 226 g/mol. The molecule has 1 rings (SSSR count). The molecule has 0 saturated carbocycles. The fourth-order valence-corrected chi connectivity index (χ4v) is 1.55. The number of aromatic nitrogens is 1. The minimum atomic E-state index is -0.506. The Morgan fingerprint density at radius 3 is 2.81 bits per heavy atom. The second-order valence-electron chi connectivity index (χ2n) is 3.67. The summed E-state index contributed by atoms with van der Waals surface area (Å²) in [4.78, 5) is 10.8. The second kappa shape index (κ2) is 6.27. The number of aliphatic hydroxyl groups is 1. The van der Waals surface area contributed by atoms with Crippen LogP contribution in [0.5, 0.6) is 0 Å². The fourth-order valence-electron chi connectivity index (χ4n) is 1.55. The van der Waals surface area contributed by atoms with Crippen molar-refractivity contribution in [2.75, 3.05) is 6.61 Å². The second-order valence-corrected chi connectivity index (χ2v) is 3.67. The molecule has 0 atom stereocenters. The molecule has 1 aromatic heterocycles. The summed E-state index contributed by atoms with van der Waals surface area (Å²) >= 11 is 0. The normalized spacial score (nSPS) is 10.8. The molecule has 0 aromatic carbocycles. The van der Waals surface area contributed by atoms with Gasteiger partial charge in [0.15, 0.2) is 5.76 Å². The first kappa shape index (κ1) is 12.7. The first-order valence-electron chi connectivity index (χ1n) is 5.54. The molecule has 1 heterocycles. The predicted octanol–water partition coefficient (Wildman–Crippen LogP) is 1.19. The first-order chi connectivity index (χ1) is 7.71. The molecule has 0 fully saturated rings. The number of aliphatic hydroxyl groups excluding tert-OH is 1. The smallest absolute Gasteiger partial charge is 0.246 e. The van der Waals surface area contributed by atoms with Crippen LogP contribution in [0.1, 0.15) is 44.1 Å². The quantitative estimate of drug-likeness (QED) is 0.764. The van der Waals surface area contributed by atoms with Crippen LogP contribution in [-0.4, -0.2) is 22.8 Å². The highest BCUT2D eigenvalue weighted by atomic mass is 16.5. The summed E-state index contributed by atoms with van der Waals surface area (Å²) in [6.45, 7) is 3.98. The minimum absolute atomic E-state index is 0.270. The van der Waals surface area contributed by atoms with Crippen molar-refractivity contribution in [3.05, 3.63) is 17.5 Å². The molecule has 5 nitrogen and oxygen atoms in total. The minimum Gasteiger partial charge on any atom is -0.387 e. The number of carbonyl (C=O) groups excluding carboxylic acids is 1. The van der Waals surface area contributed by atoms with Crippen LogP contribution in [0.4, 0.5) is 0 Å². The van der Waals surface area contributed by atoms with Crippen LogP contribution in [0, 0.1) is 0 Å². The maximum Gasteiger partial charge on any atom is 0.246 e. The molecule has 16 heavy (non-hydrogen) atoms. The van der Waals surface area contributed by atoms with E-state index in [1.165, 1.54) is 0 Å². The third kappa shape index (κ3) is 3.34. The molecule has 0 bridgehead atoms. The molecule has 2 N–H and O–H groups in total. The molecule has 0 unspecified atom stereocenters. The Bertz CT molecular complexity index is 332. The summed E-state index contributed by atoms with van der Waals surface area (Å²) in [5, 5.41) is 15.0.